The number of aryl methyl sites for hydroxylation is 3. The van der Waals surface area contributed by atoms with E-state index in [0.717, 1.165) is 19.3 Å². The molecule has 4 heteroatoms. The van der Waals surface area contributed by atoms with E-state index in [1.807, 2.05) is 45.3 Å². The van der Waals surface area contributed by atoms with E-state index >= 15 is 0 Å². The Labute approximate surface area is 213 Å². The molecule has 4 heterocycles. The van der Waals surface area contributed by atoms with Crippen LogP contribution in [0.3, 0.4) is 0 Å². The third-order valence-corrected chi connectivity index (χ3v) is 12.4. The van der Waals surface area contributed by atoms with E-state index in [9.17, 15) is 0 Å². The number of hydrogen-bond donors (Lipinski definition) is 0. The molecule has 8 rings (SSSR count). The van der Waals surface area contributed by atoms with Crippen molar-refractivity contribution in [3.63, 3.8) is 0 Å². The maximum atomic E-state index is 4.27. The fourth-order valence-electron chi connectivity index (χ4n) is 6.56. The quantitative estimate of drug-likeness (QED) is 0.221. The van der Waals surface area contributed by atoms with E-state index in [0.29, 0.717) is 0 Å². The summed E-state index contributed by atoms with van der Waals surface area (Å²) in [4.78, 5) is 0. The Balaban J connectivity index is 1.86. The Morgan fingerprint density at radius 2 is 1.12 bits per heavy atom. The molecule has 0 amide bonds. The van der Waals surface area contributed by atoms with Gasteiger partial charge in [-0.05, 0) is 64.4 Å². The molecule has 0 bridgehead atoms. The highest BCUT2D eigenvalue weighted by atomic mass is 32.1. The molecule has 0 radical (unpaired) electrons. The van der Waals surface area contributed by atoms with Gasteiger partial charge in [0.25, 0.3) is 0 Å². The lowest BCUT2D eigenvalue weighted by Gasteiger charge is -2.13. The zero-order chi connectivity index (χ0) is 22.9. The predicted molar refractivity (Wildman–Crippen MR) is 161 cm³/mol. The Bertz CT molecular complexity index is 2090. The zero-order valence-electron chi connectivity index (χ0n) is 19.3. The van der Waals surface area contributed by atoms with Gasteiger partial charge in [-0.15, -0.1) is 45.3 Å². The van der Waals surface area contributed by atoms with E-state index in [1.54, 1.807) is 11.1 Å². The summed E-state index contributed by atoms with van der Waals surface area (Å²) in [5.74, 6) is 0. The molecule has 0 saturated heterocycles. The summed E-state index contributed by atoms with van der Waals surface area (Å²) >= 11 is 7.91. The fourth-order valence-corrected chi connectivity index (χ4v) is 11.6. The minimum Gasteiger partial charge on any atom is -0.143 e. The Morgan fingerprint density at radius 3 is 1.68 bits per heavy atom. The summed E-state index contributed by atoms with van der Waals surface area (Å²) in [5.41, 5.74) is 5.97. The molecule has 0 aliphatic heterocycles. The number of benzene rings is 3. The first-order valence-corrected chi connectivity index (χ1v) is 15.5. The van der Waals surface area contributed by atoms with Gasteiger partial charge in [-0.2, -0.15) is 0 Å². The molecule has 34 heavy (non-hydrogen) atoms. The monoisotopic (exact) mass is 510 g/mol. The third kappa shape index (κ3) is 2.08. The first kappa shape index (κ1) is 20.0. The van der Waals surface area contributed by atoms with Gasteiger partial charge >= 0.3 is 0 Å². The second-order valence-corrected chi connectivity index (χ2v) is 13.1. The summed E-state index contributed by atoms with van der Waals surface area (Å²) in [6.07, 6.45) is 5.34. The van der Waals surface area contributed by atoms with Crippen LogP contribution in [0.1, 0.15) is 43.0 Å². The van der Waals surface area contributed by atoms with E-state index in [2.05, 4.69) is 56.3 Å². The SMILES string of the molecule is C=Cc1c(CC)c2scc3c4csc5c(CC)c(CC)c6sc7ccc8sc1c(c23)c8c7c6c54. The summed E-state index contributed by atoms with van der Waals surface area (Å²) in [7, 11) is 0. The van der Waals surface area contributed by atoms with Crippen LogP contribution in [-0.4, -0.2) is 0 Å². The van der Waals surface area contributed by atoms with Gasteiger partial charge in [0, 0.05) is 71.3 Å². The van der Waals surface area contributed by atoms with Crippen LogP contribution in [-0.2, 0) is 19.3 Å². The molecule has 0 unspecified atom stereocenters. The first-order valence-electron chi connectivity index (χ1n) is 12.1. The van der Waals surface area contributed by atoms with Crippen molar-refractivity contribution < 1.29 is 0 Å². The largest absolute Gasteiger partial charge is 0.143 e. The molecule has 4 aromatic carbocycles. The first-order chi connectivity index (χ1) is 16.7. The molecular formula is C30H22S4. The molecule has 0 aliphatic rings. The van der Waals surface area contributed by atoms with Crippen molar-refractivity contribution in [3.05, 3.63) is 51.7 Å². The van der Waals surface area contributed by atoms with Gasteiger partial charge in [-0.3, -0.25) is 0 Å². The van der Waals surface area contributed by atoms with Crippen molar-refractivity contribution in [2.45, 2.75) is 40.0 Å². The molecule has 8 aromatic rings. The summed E-state index contributed by atoms with van der Waals surface area (Å²) in [6.45, 7) is 11.2. The van der Waals surface area contributed by atoms with E-state index in [-0.39, 0.29) is 0 Å². The second kappa shape index (κ2) is 6.70. The lowest BCUT2D eigenvalue weighted by atomic mass is 9.90. The molecule has 0 nitrogen and oxygen atoms in total. The highest BCUT2D eigenvalue weighted by Gasteiger charge is 2.27. The van der Waals surface area contributed by atoms with Crippen LogP contribution in [0.2, 0.25) is 0 Å². The van der Waals surface area contributed by atoms with Crippen molar-refractivity contribution in [2.75, 3.05) is 0 Å². The number of hydrogen-bond acceptors (Lipinski definition) is 4. The van der Waals surface area contributed by atoms with Crippen molar-refractivity contribution in [1.29, 1.82) is 0 Å². The van der Waals surface area contributed by atoms with Crippen molar-refractivity contribution >= 4 is 123 Å². The molecule has 166 valence electrons. The molecule has 0 atom stereocenters. The average Bonchev–Trinajstić information content (AvgIpc) is 3.61. The maximum Gasteiger partial charge on any atom is 0.0437 e. The lowest BCUT2D eigenvalue weighted by Crippen LogP contribution is -1.92. The van der Waals surface area contributed by atoms with Crippen molar-refractivity contribution in [1.82, 2.24) is 0 Å². The van der Waals surface area contributed by atoms with Crippen LogP contribution in [0, 0.1) is 0 Å². The predicted octanol–water partition coefficient (Wildman–Crippen LogP) is 11.2. The van der Waals surface area contributed by atoms with Crippen molar-refractivity contribution in [3.8, 4) is 0 Å². The normalized spacial score (nSPS) is 13.0. The van der Waals surface area contributed by atoms with Gasteiger partial charge < -0.3 is 0 Å². The number of thiophene rings is 4. The van der Waals surface area contributed by atoms with Gasteiger partial charge in [0.05, 0.1) is 0 Å². The van der Waals surface area contributed by atoms with Crippen LogP contribution in [0.25, 0.3) is 77.4 Å². The second-order valence-electron chi connectivity index (χ2n) is 9.25. The highest BCUT2D eigenvalue weighted by Crippen LogP contribution is 2.56. The fraction of sp³-hybridized carbons (Fsp3) is 0.200. The molecule has 0 N–H and O–H groups in total. The van der Waals surface area contributed by atoms with Gasteiger partial charge in [0.1, 0.15) is 0 Å². The van der Waals surface area contributed by atoms with Crippen LogP contribution < -0.4 is 0 Å². The number of fused-ring (bicyclic) bond motifs is 1. The Morgan fingerprint density at radius 1 is 0.618 bits per heavy atom. The zero-order valence-corrected chi connectivity index (χ0v) is 22.6. The Kier molecular flexibility index (Phi) is 3.94. The third-order valence-electron chi connectivity index (χ3n) is 7.90. The summed E-state index contributed by atoms with van der Waals surface area (Å²) in [5, 5.41) is 16.8. The molecule has 0 spiro atoms. The van der Waals surface area contributed by atoms with Crippen LogP contribution in [0.5, 0.6) is 0 Å². The molecule has 4 aromatic heterocycles. The average molecular weight is 511 g/mol. The van der Waals surface area contributed by atoms with Gasteiger partial charge in [0.15, 0.2) is 0 Å². The minimum atomic E-state index is 1.04. The van der Waals surface area contributed by atoms with Gasteiger partial charge in [-0.25, -0.2) is 0 Å². The molecule has 0 saturated carbocycles. The topological polar surface area (TPSA) is 0 Å². The van der Waals surface area contributed by atoms with Gasteiger partial charge in [-0.1, -0.05) is 33.4 Å². The Hall–Kier alpha value is -2.24. The lowest BCUT2D eigenvalue weighted by molar-refractivity contribution is 1.07. The van der Waals surface area contributed by atoms with Crippen LogP contribution in [0.15, 0.2) is 29.5 Å². The van der Waals surface area contributed by atoms with Gasteiger partial charge in [0.2, 0.25) is 0 Å². The van der Waals surface area contributed by atoms with Crippen LogP contribution in [0.4, 0.5) is 0 Å². The summed E-state index contributed by atoms with van der Waals surface area (Å²) in [6, 6.07) is 4.77. The smallest absolute Gasteiger partial charge is 0.0437 e. The van der Waals surface area contributed by atoms with E-state index in [4.69, 9.17) is 0 Å². The maximum absolute atomic E-state index is 4.27. The molecule has 0 fully saturated rings. The molecular weight excluding hydrogens is 489 g/mol. The van der Waals surface area contributed by atoms with E-state index < -0.39 is 0 Å². The highest BCUT2D eigenvalue weighted by molar-refractivity contribution is 7.29. The standard InChI is InChI=1S/C30H22S4/c1-5-13-15(7-3)29-25-21-17(11-31-27(13)21)18-12-32-28-14(6-2)16(8-4)30-26(22(18)28)24-20(34-30)10-9-19(33-29)23(24)25/h7,9-12H,3,5-6,8H2,1-2,4H3. The van der Waals surface area contributed by atoms with E-state index in [1.165, 1.54) is 82.4 Å². The number of rotatable bonds is 4. The minimum absolute atomic E-state index is 1.04. The van der Waals surface area contributed by atoms with Crippen molar-refractivity contribution in [2.24, 2.45) is 0 Å². The molecule has 0 aliphatic carbocycles. The van der Waals surface area contributed by atoms with Crippen LogP contribution >= 0.6 is 45.3 Å². The summed E-state index contributed by atoms with van der Waals surface area (Å²) < 4.78 is 8.80.